The standard InChI is InChI=1S/C19H35N3O4SSi/c1-12(2)28(13(3)4,14(5)6)17-20-15-10-21(18(23)26-19(7,8)9)11-16(15)22(17)27(24)25/h12-14H,10-11H2,1-9H3,(H,24,25). The van der Waals surface area contributed by atoms with Crippen molar-refractivity contribution in [1.29, 1.82) is 0 Å². The van der Waals surface area contributed by atoms with Crippen molar-refractivity contribution in [2.45, 2.75) is 97.6 Å². The third-order valence-electron chi connectivity index (χ3n) is 5.75. The number of nitrogens with zero attached hydrogens (tertiary/aromatic N) is 3. The number of rotatable bonds is 5. The zero-order chi connectivity index (χ0) is 21.6. The fourth-order valence-electron chi connectivity index (χ4n) is 4.85. The first-order valence-electron chi connectivity index (χ1n) is 9.93. The van der Waals surface area contributed by atoms with Crippen LogP contribution < -0.4 is 5.45 Å². The lowest BCUT2D eigenvalue weighted by Gasteiger charge is -2.42. The molecule has 0 fully saturated rings. The van der Waals surface area contributed by atoms with Crippen LogP contribution in [0.5, 0.6) is 0 Å². The second kappa shape index (κ2) is 7.91. The second-order valence-electron chi connectivity index (χ2n) is 9.59. The number of fused-ring (bicyclic) bond motifs is 1. The normalized spacial score (nSPS) is 16.2. The lowest BCUT2D eigenvalue weighted by atomic mass is 10.2. The van der Waals surface area contributed by atoms with Gasteiger partial charge in [-0.3, -0.25) is 9.45 Å². The highest BCUT2D eigenvalue weighted by Crippen LogP contribution is 2.41. The number of hydrogen-bond donors (Lipinski definition) is 1. The first-order chi connectivity index (χ1) is 12.7. The maximum Gasteiger partial charge on any atom is 0.410 e. The minimum Gasteiger partial charge on any atom is -0.444 e. The summed E-state index contributed by atoms with van der Waals surface area (Å²) in [5.74, 6) is 0. The Morgan fingerprint density at radius 3 is 2.00 bits per heavy atom. The molecule has 9 heteroatoms. The van der Waals surface area contributed by atoms with E-state index >= 15 is 0 Å². The Labute approximate surface area is 172 Å². The van der Waals surface area contributed by atoms with E-state index in [2.05, 4.69) is 41.5 Å². The average molecular weight is 430 g/mol. The van der Waals surface area contributed by atoms with E-state index in [0.717, 1.165) is 5.45 Å². The predicted molar refractivity (Wildman–Crippen MR) is 115 cm³/mol. The van der Waals surface area contributed by atoms with Gasteiger partial charge in [0.2, 0.25) is 0 Å². The summed E-state index contributed by atoms with van der Waals surface area (Å²) in [7, 11) is -2.23. The molecule has 0 saturated heterocycles. The lowest BCUT2D eigenvalue weighted by molar-refractivity contribution is 0.0238. The highest BCUT2D eigenvalue weighted by molar-refractivity contribution is 7.77. The summed E-state index contributed by atoms with van der Waals surface area (Å²) in [5.41, 5.74) is 2.63. The largest absolute Gasteiger partial charge is 0.444 e. The smallest absolute Gasteiger partial charge is 0.410 e. The van der Waals surface area contributed by atoms with Crippen molar-refractivity contribution in [2.24, 2.45) is 0 Å². The molecule has 2 heterocycles. The second-order valence-corrected chi connectivity index (χ2v) is 16.2. The number of carbonyl (C=O) groups excluding carboxylic acids is 1. The van der Waals surface area contributed by atoms with E-state index < -0.39 is 31.0 Å². The van der Waals surface area contributed by atoms with Crippen molar-refractivity contribution in [2.75, 3.05) is 0 Å². The van der Waals surface area contributed by atoms with Gasteiger partial charge in [-0.15, -0.1) is 0 Å². The van der Waals surface area contributed by atoms with E-state index in [1.807, 2.05) is 20.8 Å². The quantitative estimate of drug-likeness (QED) is 0.565. The van der Waals surface area contributed by atoms with Crippen LogP contribution in [-0.4, -0.2) is 42.4 Å². The molecule has 7 nitrogen and oxygen atoms in total. The third kappa shape index (κ3) is 3.93. The number of amides is 1. The van der Waals surface area contributed by atoms with Crippen LogP contribution >= 0.6 is 0 Å². The van der Waals surface area contributed by atoms with Gasteiger partial charge in [-0.05, 0) is 37.4 Å². The first-order valence-corrected chi connectivity index (χ1v) is 13.2. The molecule has 0 spiro atoms. The van der Waals surface area contributed by atoms with Crippen LogP contribution in [0.2, 0.25) is 16.6 Å². The summed E-state index contributed by atoms with van der Waals surface area (Å²) in [6, 6.07) is 0. The summed E-state index contributed by atoms with van der Waals surface area (Å²) < 4.78 is 29.5. The summed E-state index contributed by atoms with van der Waals surface area (Å²) in [6.07, 6.45) is -0.428. The van der Waals surface area contributed by atoms with E-state index in [1.165, 1.54) is 3.97 Å². The van der Waals surface area contributed by atoms with Gasteiger partial charge >= 0.3 is 6.09 Å². The molecule has 1 aromatic rings. The van der Waals surface area contributed by atoms with Crippen LogP contribution in [0.4, 0.5) is 4.79 Å². The van der Waals surface area contributed by atoms with Crippen LogP contribution in [0.25, 0.3) is 0 Å². The maximum absolute atomic E-state index is 12.5. The molecule has 1 N–H and O–H groups in total. The maximum atomic E-state index is 12.5. The molecule has 0 aromatic carbocycles. The highest BCUT2D eigenvalue weighted by atomic mass is 32.2. The average Bonchev–Trinajstić information content (AvgIpc) is 3.01. The number of ether oxygens (including phenoxy) is 1. The first kappa shape index (κ1) is 23.1. The Balaban J connectivity index is 2.53. The van der Waals surface area contributed by atoms with Gasteiger partial charge in [0.25, 0.3) is 11.3 Å². The summed E-state index contributed by atoms with van der Waals surface area (Å²) >= 11 is -2.22. The Bertz CT molecular complexity index is 746. The SMILES string of the molecule is CC(C)[Si](c1nc2c(n1S(=O)O)CN(C(=O)OC(C)(C)C)C2)(C(C)C)C(C)C. The van der Waals surface area contributed by atoms with Gasteiger partial charge < -0.3 is 4.74 Å². The van der Waals surface area contributed by atoms with Gasteiger partial charge in [0.15, 0.2) is 0 Å². The Hall–Kier alpha value is -1.19. The monoisotopic (exact) mass is 429 g/mol. The van der Waals surface area contributed by atoms with E-state index in [4.69, 9.17) is 9.72 Å². The topological polar surface area (TPSA) is 84.7 Å². The Morgan fingerprint density at radius 2 is 1.61 bits per heavy atom. The van der Waals surface area contributed by atoms with Gasteiger partial charge in [-0.25, -0.2) is 18.0 Å². The molecule has 1 amide bonds. The van der Waals surface area contributed by atoms with Gasteiger partial charge in [0, 0.05) is 0 Å². The molecule has 160 valence electrons. The molecule has 0 aliphatic carbocycles. The molecule has 2 rings (SSSR count). The van der Waals surface area contributed by atoms with Crippen LogP contribution in [0.1, 0.15) is 73.7 Å². The molecule has 1 aromatic heterocycles. The Morgan fingerprint density at radius 1 is 1.11 bits per heavy atom. The molecular weight excluding hydrogens is 394 g/mol. The van der Waals surface area contributed by atoms with Crippen molar-refractivity contribution >= 4 is 30.9 Å². The van der Waals surface area contributed by atoms with E-state index in [0.29, 0.717) is 34.6 Å². The lowest BCUT2D eigenvalue weighted by Crippen LogP contribution is -2.60. The van der Waals surface area contributed by atoms with Gasteiger partial charge in [0.05, 0.1) is 24.5 Å². The number of imidazole rings is 1. The summed E-state index contributed by atoms with van der Waals surface area (Å²) in [4.78, 5) is 18.9. The van der Waals surface area contributed by atoms with Crippen molar-refractivity contribution in [3.05, 3.63) is 11.4 Å². The van der Waals surface area contributed by atoms with Gasteiger partial charge in [-0.2, -0.15) is 0 Å². The minimum atomic E-state index is -2.23. The summed E-state index contributed by atoms with van der Waals surface area (Å²) in [5, 5.41) is 0. The zero-order valence-corrected chi connectivity index (χ0v) is 20.4. The van der Waals surface area contributed by atoms with Crippen molar-refractivity contribution < 1.29 is 18.3 Å². The number of carbonyl (C=O) groups is 1. The molecule has 1 aliphatic rings. The molecule has 1 aliphatic heterocycles. The van der Waals surface area contributed by atoms with E-state index in [-0.39, 0.29) is 6.54 Å². The van der Waals surface area contributed by atoms with Crippen LogP contribution in [-0.2, 0) is 29.1 Å². The predicted octanol–water partition coefficient (Wildman–Crippen LogP) is 4.00. The van der Waals surface area contributed by atoms with E-state index in [9.17, 15) is 13.6 Å². The molecule has 0 saturated carbocycles. The zero-order valence-electron chi connectivity index (χ0n) is 18.6. The third-order valence-corrected chi connectivity index (χ3v) is 13.5. The number of hydrogen-bond acceptors (Lipinski definition) is 4. The molecule has 0 radical (unpaired) electrons. The van der Waals surface area contributed by atoms with Gasteiger partial charge in [-0.1, -0.05) is 41.5 Å². The van der Waals surface area contributed by atoms with Crippen LogP contribution in [0.3, 0.4) is 0 Å². The van der Waals surface area contributed by atoms with Crippen LogP contribution in [0.15, 0.2) is 0 Å². The van der Waals surface area contributed by atoms with Crippen molar-refractivity contribution in [3.63, 3.8) is 0 Å². The number of aromatic nitrogens is 2. The Kier molecular flexibility index (Phi) is 6.52. The summed E-state index contributed by atoms with van der Waals surface area (Å²) in [6.45, 7) is 19.2. The van der Waals surface area contributed by atoms with E-state index in [1.54, 1.807) is 4.90 Å². The van der Waals surface area contributed by atoms with Crippen LogP contribution in [0, 0.1) is 0 Å². The van der Waals surface area contributed by atoms with Gasteiger partial charge in [0.1, 0.15) is 19.1 Å². The van der Waals surface area contributed by atoms with Crippen molar-refractivity contribution in [1.82, 2.24) is 13.9 Å². The van der Waals surface area contributed by atoms with Crippen molar-refractivity contribution in [3.8, 4) is 0 Å². The highest BCUT2D eigenvalue weighted by Gasteiger charge is 2.50. The minimum absolute atomic E-state index is 0.238. The molecule has 1 atom stereocenters. The fourth-order valence-corrected chi connectivity index (χ4v) is 12.5. The molecule has 1 unspecified atom stereocenters. The molecular formula is C19H35N3O4SSi. The molecule has 0 bridgehead atoms. The molecule has 28 heavy (non-hydrogen) atoms. The fraction of sp³-hybridized carbons (Fsp3) is 0.789.